The van der Waals surface area contributed by atoms with Crippen LogP contribution in [0.2, 0.25) is 0 Å². The summed E-state index contributed by atoms with van der Waals surface area (Å²) in [5.41, 5.74) is 0. The minimum Gasteiger partial charge on any atom is -0.469 e. The molecule has 0 saturated heterocycles. The standard InChI is InChI=1S/C13H19NO7/c1-19-9(15)6-8(12(17)20-2)10(13(18)21-3)14-11(16)7-4-5-7/h7-8,10H,4-6H2,1-3H3,(H,14,16)/t8-,10+/m0/s1. The van der Waals surface area contributed by atoms with E-state index in [0.29, 0.717) is 0 Å². The highest BCUT2D eigenvalue weighted by Gasteiger charge is 2.41. The molecule has 21 heavy (non-hydrogen) atoms. The lowest BCUT2D eigenvalue weighted by Crippen LogP contribution is -2.50. The van der Waals surface area contributed by atoms with Gasteiger partial charge in [-0.3, -0.25) is 14.4 Å². The zero-order chi connectivity index (χ0) is 16.0. The van der Waals surface area contributed by atoms with Crippen LogP contribution in [0.3, 0.4) is 0 Å². The molecule has 0 heterocycles. The van der Waals surface area contributed by atoms with E-state index in [-0.39, 0.29) is 11.8 Å². The van der Waals surface area contributed by atoms with Gasteiger partial charge in [-0.1, -0.05) is 0 Å². The van der Waals surface area contributed by atoms with Gasteiger partial charge in [0.25, 0.3) is 0 Å². The predicted octanol–water partition coefficient (Wildman–Crippen LogP) is -0.593. The van der Waals surface area contributed by atoms with Gasteiger partial charge >= 0.3 is 17.9 Å². The number of methoxy groups -OCH3 is 3. The summed E-state index contributed by atoms with van der Waals surface area (Å²) >= 11 is 0. The maximum atomic E-state index is 11.8. The van der Waals surface area contributed by atoms with Crippen LogP contribution in [0, 0.1) is 11.8 Å². The van der Waals surface area contributed by atoms with Crippen LogP contribution in [-0.4, -0.2) is 51.2 Å². The van der Waals surface area contributed by atoms with E-state index in [1.807, 2.05) is 0 Å². The van der Waals surface area contributed by atoms with E-state index in [1.54, 1.807) is 0 Å². The van der Waals surface area contributed by atoms with Crippen LogP contribution in [0.4, 0.5) is 0 Å². The Labute approximate surface area is 122 Å². The number of carbonyl (C=O) groups excluding carboxylic acids is 4. The van der Waals surface area contributed by atoms with Crippen molar-refractivity contribution < 1.29 is 33.4 Å². The molecule has 0 spiro atoms. The third-order valence-corrected chi connectivity index (χ3v) is 3.22. The van der Waals surface area contributed by atoms with Crippen molar-refractivity contribution in [2.75, 3.05) is 21.3 Å². The molecule has 0 bridgehead atoms. The number of ether oxygens (including phenoxy) is 3. The van der Waals surface area contributed by atoms with Gasteiger partial charge in [-0.15, -0.1) is 0 Å². The summed E-state index contributed by atoms with van der Waals surface area (Å²) in [6, 6.07) is -1.28. The van der Waals surface area contributed by atoms with Crippen molar-refractivity contribution in [1.29, 1.82) is 0 Å². The van der Waals surface area contributed by atoms with Crippen LogP contribution in [0.1, 0.15) is 19.3 Å². The second kappa shape index (κ2) is 7.61. The number of amides is 1. The minimum absolute atomic E-state index is 0.159. The Morgan fingerprint density at radius 3 is 2.00 bits per heavy atom. The first-order valence-electron chi connectivity index (χ1n) is 6.47. The molecule has 1 N–H and O–H groups in total. The maximum absolute atomic E-state index is 11.8. The Morgan fingerprint density at radius 1 is 1.00 bits per heavy atom. The molecular formula is C13H19NO7. The van der Waals surface area contributed by atoms with E-state index in [2.05, 4.69) is 19.5 Å². The van der Waals surface area contributed by atoms with E-state index >= 15 is 0 Å². The van der Waals surface area contributed by atoms with Crippen LogP contribution in [0.5, 0.6) is 0 Å². The molecule has 0 aliphatic heterocycles. The topological polar surface area (TPSA) is 108 Å². The molecule has 1 aliphatic carbocycles. The van der Waals surface area contributed by atoms with Gasteiger partial charge < -0.3 is 19.5 Å². The van der Waals surface area contributed by atoms with E-state index in [1.165, 1.54) is 0 Å². The van der Waals surface area contributed by atoms with Crippen LogP contribution < -0.4 is 5.32 Å². The number of carbonyl (C=O) groups is 4. The highest BCUT2D eigenvalue weighted by atomic mass is 16.5. The van der Waals surface area contributed by atoms with Crippen molar-refractivity contribution >= 4 is 23.8 Å². The van der Waals surface area contributed by atoms with E-state index in [4.69, 9.17) is 0 Å². The van der Waals surface area contributed by atoms with Gasteiger partial charge in [0.15, 0.2) is 0 Å². The number of hydrogen-bond acceptors (Lipinski definition) is 7. The van der Waals surface area contributed by atoms with Crippen LogP contribution in [0.15, 0.2) is 0 Å². The van der Waals surface area contributed by atoms with E-state index in [0.717, 1.165) is 34.2 Å². The summed E-state index contributed by atoms with van der Waals surface area (Å²) in [6.07, 6.45) is 1.08. The van der Waals surface area contributed by atoms with Crippen LogP contribution in [0.25, 0.3) is 0 Å². The third kappa shape index (κ3) is 4.73. The molecular weight excluding hydrogens is 282 g/mol. The van der Waals surface area contributed by atoms with Crippen molar-refractivity contribution in [2.24, 2.45) is 11.8 Å². The molecule has 1 aliphatic rings. The maximum Gasteiger partial charge on any atom is 0.329 e. The smallest absolute Gasteiger partial charge is 0.329 e. The van der Waals surface area contributed by atoms with Crippen LogP contribution in [-0.2, 0) is 33.4 Å². The van der Waals surface area contributed by atoms with Crippen molar-refractivity contribution in [3.05, 3.63) is 0 Å². The first kappa shape index (κ1) is 16.9. The zero-order valence-corrected chi connectivity index (χ0v) is 12.2. The minimum atomic E-state index is -1.28. The predicted molar refractivity (Wildman–Crippen MR) is 68.8 cm³/mol. The second-order valence-corrected chi connectivity index (χ2v) is 4.69. The molecule has 118 valence electrons. The average molecular weight is 301 g/mol. The monoisotopic (exact) mass is 301 g/mol. The first-order chi connectivity index (χ1) is 9.94. The third-order valence-electron chi connectivity index (χ3n) is 3.22. The number of rotatable bonds is 7. The molecule has 2 atom stereocenters. The first-order valence-corrected chi connectivity index (χ1v) is 6.47. The highest BCUT2D eigenvalue weighted by Crippen LogP contribution is 2.29. The Balaban J connectivity index is 2.91. The molecule has 8 heteroatoms. The Morgan fingerprint density at radius 2 is 1.57 bits per heavy atom. The number of hydrogen-bond donors (Lipinski definition) is 1. The molecule has 1 saturated carbocycles. The van der Waals surface area contributed by atoms with Gasteiger partial charge in [0, 0.05) is 5.92 Å². The highest BCUT2D eigenvalue weighted by molar-refractivity contribution is 5.92. The van der Waals surface area contributed by atoms with Gasteiger partial charge in [-0.25, -0.2) is 4.79 Å². The lowest BCUT2D eigenvalue weighted by molar-refractivity contribution is -0.159. The summed E-state index contributed by atoms with van der Waals surface area (Å²) in [7, 11) is 3.42. The molecule has 1 rings (SSSR count). The van der Waals surface area contributed by atoms with Gasteiger partial charge in [0.1, 0.15) is 6.04 Å². The zero-order valence-electron chi connectivity index (χ0n) is 12.2. The fraction of sp³-hybridized carbons (Fsp3) is 0.692. The van der Waals surface area contributed by atoms with Gasteiger partial charge in [0.05, 0.1) is 33.7 Å². The van der Waals surface area contributed by atoms with Crippen molar-refractivity contribution in [3.8, 4) is 0 Å². The van der Waals surface area contributed by atoms with E-state index < -0.39 is 36.3 Å². The lowest BCUT2D eigenvalue weighted by atomic mass is 9.95. The van der Waals surface area contributed by atoms with Gasteiger partial charge in [0.2, 0.25) is 5.91 Å². The van der Waals surface area contributed by atoms with Gasteiger partial charge in [-0.2, -0.15) is 0 Å². The summed E-state index contributed by atoms with van der Waals surface area (Å²) in [4.78, 5) is 46.8. The van der Waals surface area contributed by atoms with Crippen molar-refractivity contribution in [2.45, 2.75) is 25.3 Å². The average Bonchev–Trinajstić information content (AvgIpc) is 3.33. The lowest BCUT2D eigenvalue weighted by Gasteiger charge is -2.23. The number of esters is 3. The molecule has 0 aromatic heterocycles. The summed E-state index contributed by atoms with van der Waals surface area (Å²) in [6.45, 7) is 0. The molecule has 0 aromatic carbocycles. The molecule has 8 nitrogen and oxygen atoms in total. The van der Waals surface area contributed by atoms with Crippen molar-refractivity contribution in [1.82, 2.24) is 5.32 Å². The molecule has 1 amide bonds. The fourth-order valence-electron chi connectivity index (χ4n) is 1.82. The SMILES string of the molecule is COC(=O)C[C@H](C(=O)OC)[C@@H](NC(=O)C1CC1)C(=O)OC. The normalized spacial score (nSPS) is 16.3. The Hall–Kier alpha value is -2.12. The Bertz CT molecular complexity index is 430. The summed E-state index contributed by atoms with van der Waals surface area (Å²) in [5, 5.41) is 2.45. The Kier molecular flexibility index (Phi) is 6.13. The van der Waals surface area contributed by atoms with Gasteiger partial charge in [-0.05, 0) is 12.8 Å². The van der Waals surface area contributed by atoms with Crippen LogP contribution >= 0.6 is 0 Å². The molecule has 0 radical (unpaired) electrons. The summed E-state index contributed by atoms with van der Waals surface area (Å²) in [5.74, 6) is -4.01. The van der Waals surface area contributed by atoms with Crippen molar-refractivity contribution in [3.63, 3.8) is 0 Å². The molecule has 0 aromatic rings. The molecule has 0 unspecified atom stereocenters. The van der Waals surface area contributed by atoms with E-state index in [9.17, 15) is 19.2 Å². The second-order valence-electron chi connectivity index (χ2n) is 4.69. The summed E-state index contributed by atoms with van der Waals surface area (Å²) < 4.78 is 13.7. The number of nitrogens with one attached hydrogen (secondary N) is 1. The quantitative estimate of drug-likeness (QED) is 0.494. The fourth-order valence-corrected chi connectivity index (χ4v) is 1.82. The molecule has 1 fully saturated rings. The largest absolute Gasteiger partial charge is 0.469 e.